The van der Waals surface area contributed by atoms with E-state index in [-0.39, 0.29) is 42.5 Å². The maximum atomic E-state index is 15.2. The van der Waals surface area contributed by atoms with Crippen LogP contribution in [0.1, 0.15) is 113 Å². The summed E-state index contributed by atoms with van der Waals surface area (Å²) in [5, 5.41) is 184. The normalized spacial score (nSPS) is 53.5. The summed E-state index contributed by atoms with van der Waals surface area (Å²) in [5.41, 5.74) is -4.00. The summed E-state index contributed by atoms with van der Waals surface area (Å²) >= 11 is 0. The molecule has 29 nitrogen and oxygen atoms in total. The van der Waals surface area contributed by atoms with Gasteiger partial charge < -0.3 is 134 Å². The molecule has 5 aliphatic carbocycles. The molecule has 0 aromatic rings. The topological polar surface area (TPSA) is 470 Å². The summed E-state index contributed by atoms with van der Waals surface area (Å²) in [7, 11) is 0. The van der Waals surface area contributed by atoms with Gasteiger partial charge in [-0.3, -0.25) is 9.59 Å². The van der Waals surface area contributed by atoms with Crippen molar-refractivity contribution in [2.24, 2.45) is 44.3 Å². The Labute approximate surface area is 514 Å². The highest BCUT2D eigenvalue weighted by molar-refractivity contribution is 6.08. The van der Waals surface area contributed by atoms with Gasteiger partial charge in [0.1, 0.15) is 116 Å². The monoisotopic (exact) mass is 1280 g/mol. The number of aliphatic hydroxyl groups is 17. The number of ether oxygens (including phenoxy) is 10. The van der Waals surface area contributed by atoms with Crippen LogP contribution in [0.3, 0.4) is 0 Å². The van der Waals surface area contributed by atoms with E-state index in [0.29, 0.717) is 44.9 Å². The van der Waals surface area contributed by atoms with Gasteiger partial charge in [-0.2, -0.15) is 0 Å². The van der Waals surface area contributed by atoms with Crippen LogP contribution in [0.15, 0.2) is 11.1 Å². The number of Topliss-reactive ketones (excluding diaryl/α,β-unsaturated/α-hetero) is 1. The van der Waals surface area contributed by atoms with Gasteiger partial charge in [-0.25, -0.2) is 0 Å². The standard InChI is InChI=1S/C60H96O29/c1-23-33(66)38(71)42(75)49(80-23)88-47-45(86-52-46(41(74)36(69)27(20-63)83-52)87-50-43(76)39(72)34(67)25(18-61)81-50)37(70)28(21-64)84-53(47)85-31-11-12-57(5)29(55(31,2)3)10-13-59(7)30(57)9-8-24-32-48(78)56(4,22-65)14-16-60(32,17-15-58(24,59)6)54(79)89-51-44(77)40(73)35(68)26(19-62)82-51/h23,25-31,33-47,49-53,61-77H,8-22H2,1-7H3/t23-,25+,26+,27+,28+,29-,30+,31-,33-,34+,35+,36+,37+,38+,39-,40-,41-,42+,43+,44+,45-,46+,47+,49-,50-,51-,52-,53-,56+,57-,58+,59+,60-/m0/s1. The largest absolute Gasteiger partial charge is 0.432 e. The number of hydrogen-bond donors (Lipinski definition) is 17. The minimum Gasteiger partial charge on any atom is -0.432 e. The minimum absolute atomic E-state index is 0.00692. The van der Waals surface area contributed by atoms with Crippen LogP contribution in [-0.2, 0) is 57.0 Å². The third-order valence-electron chi connectivity index (χ3n) is 23.6. The number of esters is 1. The minimum atomic E-state index is -2.05. The van der Waals surface area contributed by atoms with Gasteiger partial charge in [-0.1, -0.05) is 47.1 Å². The van der Waals surface area contributed by atoms with Crippen molar-refractivity contribution in [3.8, 4) is 0 Å². The lowest BCUT2D eigenvalue weighted by atomic mass is 9.34. The van der Waals surface area contributed by atoms with E-state index < -0.39 is 231 Å². The molecule has 0 unspecified atom stereocenters. The van der Waals surface area contributed by atoms with Crippen LogP contribution in [0.4, 0.5) is 0 Å². The van der Waals surface area contributed by atoms with E-state index in [1.165, 1.54) is 6.92 Å². The zero-order valence-electron chi connectivity index (χ0n) is 51.3. The van der Waals surface area contributed by atoms with Crippen molar-refractivity contribution in [3.63, 3.8) is 0 Å². The lowest BCUT2D eigenvalue weighted by Gasteiger charge is -2.71. The highest BCUT2D eigenvalue weighted by Crippen LogP contribution is 2.76. The van der Waals surface area contributed by atoms with E-state index in [1.54, 1.807) is 6.92 Å². The van der Waals surface area contributed by atoms with Gasteiger partial charge in [-0.15, -0.1) is 0 Å². The smallest absolute Gasteiger partial charge is 0.319 e. The molecule has 89 heavy (non-hydrogen) atoms. The Morgan fingerprint density at radius 3 is 1.54 bits per heavy atom. The third-order valence-corrected chi connectivity index (χ3v) is 23.6. The second-order valence-corrected chi connectivity index (χ2v) is 28.6. The van der Waals surface area contributed by atoms with Crippen LogP contribution in [0.5, 0.6) is 0 Å². The molecule has 33 atom stereocenters. The van der Waals surface area contributed by atoms with Crippen molar-refractivity contribution < 1.29 is 144 Å². The Balaban J connectivity index is 0.952. The average Bonchev–Trinajstić information content (AvgIpc) is 0.677. The first-order chi connectivity index (χ1) is 41.8. The summed E-state index contributed by atoms with van der Waals surface area (Å²) in [6.07, 6.45) is -41.0. The maximum Gasteiger partial charge on any atom is 0.319 e. The van der Waals surface area contributed by atoms with Crippen LogP contribution in [-0.4, -0.2) is 291 Å². The molecule has 4 saturated carbocycles. The number of carbonyl (C=O) groups excluding carboxylic acids is 2. The number of hydrogen-bond acceptors (Lipinski definition) is 29. The molecule has 5 saturated heterocycles. The molecular weight excluding hydrogens is 1180 g/mol. The van der Waals surface area contributed by atoms with Crippen molar-refractivity contribution >= 4 is 11.8 Å². The molecule has 10 aliphatic rings. The number of ketones is 1. The Hall–Kier alpha value is -2.16. The average molecular weight is 1280 g/mol. The van der Waals surface area contributed by atoms with Crippen molar-refractivity contribution in [3.05, 3.63) is 11.1 Å². The molecule has 17 N–H and O–H groups in total. The first-order valence-corrected chi connectivity index (χ1v) is 31.4. The molecule has 5 heterocycles. The van der Waals surface area contributed by atoms with Crippen LogP contribution >= 0.6 is 0 Å². The second kappa shape index (κ2) is 25.8. The number of aliphatic hydroxyl groups excluding tert-OH is 17. The highest BCUT2D eigenvalue weighted by atomic mass is 16.8. The molecule has 9 fully saturated rings. The van der Waals surface area contributed by atoms with Gasteiger partial charge >= 0.3 is 5.97 Å². The summed E-state index contributed by atoms with van der Waals surface area (Å²) in [6.45, 7) is 9.99. The van der Waals surface area contributed by atoms with Gasteiger partial charge in [-0.05, 0) is 105 Å². The zero-order chi connectivity index (χ0) is 65.2. The SMILES string of the molecule is C[C@@H]1O[C@@H](O[C@H]2[C@H](O[C@H]3CC[C@]4(C)[C@H]5CCC6=C7C(=O)[C@@](C)(CO)CC[C@]7(C(=O)O[C@@H]7O[C@H](CO)[C@@H](O)[C@H](O)[C@H]7O)CC[C@@]6(C)[C@]5(C)CC[C@H]4C3(C)C)O[C@H](CO)[C@@H](O)[C@@H]2O[C@@H]2O[C@H](CO)[C@@H](O)[C@H](O)[C@H]2O[C@@H]2O[C@H](CO)[C@@H](O)[C@H](O)[C@H]2O)[C@H](O)[C@H](O)[C@H]1O. The van der Waals surface area contributed by atoms with Crippen molar-refractivity contribution in [2.75, 3.05) is 33.0 Å². The lowest BCUT2D eigenvalue weighted by molar-refractivity contribution is -0.409. The predicted molar refractivity (Wildman–Crippen MR) is 296 cm³/mol. The third kappa shape index (κ3) is 11.3. The zero-order valence-corrected chi connectivity index (χ0v) is 51.3. The molecule has 0 bridgehead atoms. The van der Waals surface area contributed by atoms with Crippen LogP contribution < -0.4 is 0 Å². The maximum absolute atomic E-state index is 15.2. The second-order valence-electron chi connectivity index (χ2n) is 28.6. The predicted octanol–water partition coefficient (Wildman–Crippen LogP) is -4.89. The van der Waals surface area contributed by atoms with Gasteiger partial charge in [0.2, 0.25) is 6.29 Å². The van der Waals surface area contributed by atoms with Crippen LogP contribution in [0.2, 0.25) is 0 Å². The molecule has 0 aromatic carbocycles. The Morgan fingerprint density at radius 1 is 0.472 bits per heavy atom. The van der Waals surface area contributed by atoms with E-state index in [9.17, 15) is 91.6 Å². The Morgan fingerprint density at radius 2 is 0.955 bits per heavy atom. The fourth-order valence-electron chi connectivity index (χ4n) is 17.7. The first-order valence-electron chi connectivity index (χ1n) is 31.4. The van der Waals surface area contributed by atoms with E-state index in [1.807, 2.05) is 0 Å². The Bertz CT molecular complexity index is 2540. The van der Waals surface area contributed by atoms with Crippen molar-refractivity contribution in [2.45, 2.75) is 272 Å². The van der Waals surface area contributed by atoms with Crippen molar-refractivity contribution in [1.29, 1.82) is 0 Å². The van der Waals surface area contributed by atoms with E-state index in [4.69, 9.17) is 47.4 Å². The molecule has 0 amide bonds. The van der Waals surface area contributed by atoms with E-state index in [2.05, 4.69) is 34.6 Å². The molecule has 29 heteroatoms. The van der Waals surface area contributed by atoms with Gasteiger partial charge in [0.15, 0.2) is 30.9 Å². The highest BCUT2D eigenvalue weighted by Gasteiger charge is 2.71. The number of allylic oxidation sites excluding steroid dienone is 1. The number of rotatable bonds is 15. The molecule has 510 valence electrons. The number of fused-ring (bicyclic) bond motifs is 6. The fraction of sp³-hybridized carbons (Fsp3) is 0.933. The van der Waals surface area contributed by atoms with Crippen LogP contribution in [0.25, 0.3) is 0 Å². The summed E-state index contributed by atoms with van der Waals surface area (Å²) < 4.78 is 61.3. The molecular formula is C60H96O29. The fourth-order valence-corrected chi connectivity index (χ4v) is 17.7. The summed E-state index contributed by atoms with van der Waals surface area (Å²) in [5.74, 6) is -1.32. The van der Waals surface area contributed by atoms with Gasteiger partial charge in [0.25, 0.3) is 0 Å². The number of carbonyl (C=O) groups is 2. The lowest BCUT2D eigenvalue weighted by Crippen LogP contribution is -2.69. The van der Waals surface area contributed by atoms with Gasteiger partial charge in [0.05, 0.1) is 56.1 Å². The molecule has 0 aromatic heterocycles. The Kier molecular flexibility index (Phi) is 20.2. The molecule has 10 rings (SSSR count). The summed E-state index contributed by atoms with van der Waals surface area (Å²) in [6, 6.07) is 0. The van der Waals surface area contributed by atoms with E-state index in [0.717, 1.165) is 5.57 Å². The van der Waals surface area contributed by atoms with Crippen LogP contribution in [0, 0.1) is 44.3 Å². The first kappa shape index (κ1) is 69.7. The van der Waals surface area contributed by atoms with E-state index >= 15 is 4.79 Å². The van der Waals surface area contributed by atoms with Crippen molar-refractivity contribution in [1.82, 2.24) is 0 Å². The molecule has 0 spiro atoms. The molecule has 0 radical (unpaired) electrons. The summed E-state index contributed by atoms with van der Waals surface area (Å²) in [4.78, 5) is 30.1. The quantitative estimate of drug-likeness (QED) is 0.0540. The molecule has 5 aliphatic heterocycles. The van der Waals surface area contributed by atoms with Gasteiger partial charge in [0, 0.05) is 5.57 Å².